The minimum absolute atomic E-state index is 0.0687. The van der Waals surface area contributed by atoms with Crippen LogP contribution in [0.4, 0.5) is 0 Å². The predicted octanol–water partition coefficient (Wildman–Crippen LogP) is 5.79. The normalized spacial score (nSPS) is 12.9. The molecule has 6 nitrogen and oxygen atoms in total. The summed E-state index contributed by atoms with van der Waals surface area (Å²) in [6.07, 6.45) is 5.15. The molecule has 180 valence electrons. The Labute approximate surface area is 207 Å². The van der Waals surface area contributed by atoms with E-state index in [1.165, 1.54) is 11.1 Å². The standard InChI is InChI=1S/C27H33N3O3S/c1-6-15-33-26(27-28-16-20(2)17-29-27)21(3)34-30(18-22-7-11-24(31-4)12-8-22)19-23-9-13-25(32-5)14-10-23/h6-14,16-17,21,26H,1,15,18-19H2,2-5H3/t21-,26+/m1/s1. The van der Waals surface area contributed by atoms with Gasteiger partial charge < -0.3 is 14.2 Å². The fraction of sp³-hybridized carbons (Fsp3) is 0.333. The largest absolute Gasteiger partial charge is 0.497 e. The fourth-order valence-corrected chi connectivity index (χ4v) is 4.66. The second-order valence-corrected chi connectivity index (χ2v) is 9.44. The van der Waals surface area contributed by atoms with Gasteiger partial charge in [0.25, 0.3) is 0 Å². The van der Waals surface area contributed by atoms with Gasteiger partial charge in [0.2, 0.25) is 0 Å². The van der Waals surface area contributed by atoms with Crippen LogP contribution in [0.15, 0.2) is 73.6 Å². The molecule has 0 bridgehead atoms. The topological polar surface area (TPSA) is 56.7 Å². The molecule has 0 fully saturated rings. The first-order valence-corrected chi connectivity index (χ1v) is 12.0. The van der Waals surface area contributed by atoms with E-state index in [-0.39, 0.29) is 11.4 Å². The van der Waals surface area contributed by atoms with E-state index in [1.54, 1.807) is 32.2 Å². The van der Waals surface area contributed by atoms with Crippen LogP contribution in [0.5, 0.6) is 11.5 Å². The van der Waals surface area contributed by atoms with Crippen molar-refractivity contribution in [1.29, 1.82) is 0 Å². The molecule has 0 radical (unpaired) electrons. The van der Waals surface area contributed by atoms with Crippen molar-refractivity contribution in [1.82, 2.24) is 14.3 Å². The van der Waals surface area contributed by atoms with Crippen LogP contribution >= 0.6 is 11.9 Å². The fourth-order valence-electron chi connectivity index (χ4n) is 3.43. The lowest BCUT2D eigenvalue weighted by atomic mass is 10.2. The minimum atomic E-state index is -0.266. The van der Waals surface area contributed by atoms with Crippen molar-refractivity contribution in [3.63, 3.8) is 0 Å². The highest BCUT2D eigenvalue weighted by atomic mass is 32.2. The van der Waals surface area contributed by atoms with Crippen molar-refractivity contribution in [2.24, 2.45) is 0 Å². The highest BCUT2D eigenvalue weighted by molar-refractivity contribution is 7.97. The lowest BCUT2D eigenvalue weighted by molar-refractivity contribution is 0.0681. The molecule has 0 aliphatic heterocycles. The van der Waals surface area contributed by atoms with E-state index in [1.807, 2.05) is 43.6 Å². The van der Waals surface area contributed by atoms with Gasteiger partial charge >= 0.3 is 0 Å². The van der Waals surface area contributed by atoms with Gasteiger partial charge in [-0.2, -0.15) is 0 Å². The van der Waals surface area contributed by atoms with E-state index < -0.39 is 0 Å². The molecular formula is C27H33N3O3S. The summed E-state index contributed by atoms with van der Waals surface area (Å²) in [5.41, 5.74) is 3.42. The van der Waals surface area contributed by atoms with E-state index >= 15 is 0 Å². The number of rotatable bonds is 13. The van der Waals surface area contributed by atoms with Gasteiger partial charge in [-0.25, -0.2) is 14.3 Å². The molecule has 0 amide bonds. The molecule has 0 saturated carbocycles. The van der Waals surface area contributed by atoms with Crippen molar-refractivity contribution in [2.75, 3.05) is 20.8 Å². The first-order chi connectivity index (χ1) is 16.5. The van der Waals surface area contributed by atoms with E-state index in [0.717, 1.165) is 30.2 Å². The summed E-state index contributed by atoms with van der Waals surface area (Å²) in [6.45, 7) is 9.88. The van der Waals surface area contributed by atoms with E-state index in [0.29, 0.717) is 12.4 Å². The van der Waals surface area contributed by atoms with Crippen LogP contribution in [0.2, 0.25) is 0 Å². The highest BCUT2D eigenvalue weighted by Crippen LogP contribution is 2.33. The zero-order chi connectivity index (χ0) is 24.3. The van der Waals surface area contributed by atoms with E-state index in [9.17, 15) is 0 Å². The molecular weight excluding hydrogens is 446 g/mol. The third-order valence-electron chi connectivity index (χ3n) is 5.23. The monoisotopic (exact) mass is 479 g/mol. The van der Waals surface area contributed by atoms with Crippen molar-refractivity contribution in [3.8, 4) is 11.5 Å². The zero-order valence-corrected chi connectivity index (χ0v) is 21.1. The summed E-state index contributed by atoms with van der Waals surface area (Å²) in [6, 6.07) is 16.4. The average Bonchev–Trinajstić information content (AvgIpc) is 2.86. The third kappa shape index (κ3) is 7.58. The number of aromatic nitrogens is 2. The van der Waals surface area contributed by atoms with Crippen LogP contribution in [0.1, 0.15) is 35.5 Å². The van der Waals surface area contributed by atoms with Crippen LogP contribution in [-0.2, 0) is 17.8 Å². The third-order valence-corrected chi connectivity index (χ3v) is 6.36. The summed E-state index contributed by atoms with van der Waals surface area (Å²) < 4.78 is 19.1. The first-order valence-electron chi connectivity index (χ1n) is 11.2. The lowest BCUT2D eigenvalue weighted by Crippen LogP contribution is -2.25. The number of hydrogen-bond donors (Lipinski definition) is 0. The van der Waals surface area contributed by atoms with Gasteiger partial charge in [-0.05, 0) is 54.8 Å². The molecule has 2 atom stereocenters. The van der Waals surface area contributed by atoms with Crippen LogP contribution in [-0.4, -0.2) is 40.3 Å². The Kier molecular flexibility index (Phi) is 9.94. The number of methoxy groups -OCH3 is 2. The maximum Gasteiger partial charge on any atom is 0.158 e. The molecule has 0 aliphatic rings. The summed E-state index contributed by atoms with van der Waals surface area (Å²) >= 11 is 1.74. The molecule has 3 aromatic rings. The van der Waals surface area contributed by atoms with Crippen molar-refractivity contribution in [2.45, 2.75) is 38.3 Å². The molecule has 0 spiro atoms. The van der Waals surface area contributed by atoms with Crippen molar-refractivity contribution < 1.29 is 14.2 Å². The van der Waals surface area contributed by atoms with Gasteiger partial charge in [0.15, 0.2) is 5.82 Å². The predicted molar refractivity (Wildman–Crippen MR) is 138 cm³/mol. The summed E-state index contributed by atoms with van der Waals surface area (Å²) in [5, 5.41) is 0.0687. The minimum Gasteiger partial charge on any atom is -0.497 e. The Bertz CT molecular complexity index is 961. The Morgan fingerprint density at radius 1 is 0.912 bits per heavy atom. The Morgan fingerprint density at radius 2 is 1.41 bits per heavy atom. The first kappa shape index (κ1) is 25.7. The molecule has 3 rings (SSSR count). The summed E-state index contributed by atoms with van der Waals surface area (Å²) in [5.74, 6) is 2.38. The molecule has 7 heteroatoms. The van der Waals surface area contributed by atoms with Gasteiger partial charge in [0.05, 0.1) is 26.1 Å². The number of hydrogen-bond acceptors (Lipinski definition) is 7. The summed E-state index contributed by atoms with van der Waals surface area (Å²) in [4.78, 5) is 9.07. The zero-order valence-electron chi connectivity index (χ0n) is 20.3. The van der Waals surface area contributed by atoms with Crippen LogP contribution in [0.25, 0.3) is 0 Å². The smallest absolute Gasteiger partial charge is 0.158 e. The molecule has 1 heterocycles. The Morgan fingerprint density at radius 3 is 1.85 bits per heavy atom. The van der Waals surface area contributed by atoms with Crippen molar-refractivity contribution >= 4 is 11.9 Å². The number of benzene rings is 2. The van der Waals surface area contributed by atoms with Gasteiger partial charge in [0, 0.05) is 25.5 Å². The molecule has 0 unspecified atom stereocenters. The van der Waals surface area contributed by atoms with Crippen LogP contribution < -0.4 is 9.47 Å². The number of nitrogens with zero attached hydrogens (tertiary/aromatic N) is 3. The SMILES string of the molecule is C=CCO[C@H](c1ncc(C)cn1)[C@@H](C)SN(Cc1ccc(OC)cc1)Cc1ccc(OC)cc1. The molecule has 0 aliphatic carbocycles. The molecule has 2 aromatic carbocycles. The Hall–Kier alpha value is -2.87. The average molecular weight is 480 g/mol. The maximum absolute atomic E-state index is 6.12. The molecule has 0 saturated heterocycles. The molecule has 0 N–H and O–H groups in total. The lowest BCUT2D eigenvalue weighted by Gasteiger charge is -2.29. The molecule has 1 aromatic heterocycles. The van der Waals surface area contributed by atoms with Gasteiger partial charge in [-0.3, -0.25) is 0 Å². The van der Waals surface area contributed by atoms with Gasteiger partial charge in [-0.1, -0.05) is 42.3 Å². The Balaban J connectivity index is 1.81. The second kappa shape index (κ2) is 13.1. The highest BCUT2D eigenvalue weighted by Gasteiger charge is 2.26. The second-order valence-electron chi connectivity index (χ2n) is 7.97. The van der Waals surface area contributed by atoms with Gasteiger partial charge in [-0.15, -0.1) is 6.58 Å². The quantitative estimate of drug-likeness (QED) is 0.227. The van der Waals surface area contributed by atoms with Crippen LogP contribution in [0.3, 0.4) is 0 Å². The van der Waals surface area contributed by atoms with Gasteiger partial charge in [0.1, 0.15) is 17.6 Å². The number of ether oxygens (including phenoxy) is 3. The van der Waals surface area contributed by atoms with E-state index in [4.69, 9.17) is 14.2 Å². The van der Waals surface area contributed by atoms with Crippen LogP contribution in [0, 0.1) is 6.92 Å². The van der Waals surface area contributed by atoms with E-state index in [2.05, 4.69) is 52.0 Å². The number of aryl methyl sites for hydroxylation is 1. The van der Waals surface area contributed by atoms with Crippen molar-refractivity contribution in [3.05, 3.63) is 96.1 Å². The maximum atomic E-state index is 6.12. The molecule has 34 heavy (non-hydrogen) atoms. The summed E-state index contributed by atoms with van der Waals surface area (Å²) in [7, 11) is 3.36.